The smallest absolute Gasteiger partial charge is 0.226 e. The Morgan fingerprint density at radius 2 is 1.76 bits per heavy atom. The number of rotatable bonds is 4. The van der Waals surface area contributed by atoms with E-state index in [9.17, 15) is 4.79 Å². The maximum absolute atomic E-state index is 12.6. The lowest BCUT2D eigenvalue weighted by Gasteiger charge is -2.17. The fourth-order valence-corrected chi connectivity index (χ4v) is 3.06. The highest BCUT2D eigenvalue weighted by atomic mass is 16.2. The molecule has 0 aromatic heterocycles. The molecule has 1 unspecified atom stereocenters. The van der Waals surface area contributed by atoms with E-state index in [4.69, 9.17) is 0 Å². The molecule has 0 radical (unpaired) electrons. The first-order valence-corrected chi connectivity index (χ1v) is 7.61. The van der Waals surface area contributed by atoms with Crippen LogP contribution in [-0.2, 0) is 17.8 Å². The quantitative estimate of drug-likeness (QED) is 0.837. The van der Waals surface area contributed by atoms with E-state index in [1.54, 1.807) is 0 Å². The van der Waals surface area contributed by atoms with Gasteiger partial charge in [0.05, 0.1) is 0 Å². The predicted molar refractivity (Wildman–Crippen MR) is 84.8 cm³/mol. The van der Waals surface area contributed by atoms with E-state index in [2.05, 4.69) is 43.3 Å². The van der Waals surface area contributed by atoms with Crippen LogP contribution in [0, 0.1) is 12.8 Å². The van der Waals surface area contributed by atoms with Crippen LogP contribution in [-0.4, -0.2) is 17.4 Å². The molecule has 0 spiro atoms. The lowest BCUT2D eigenvalue weighted by molar-refractivity contribution is -0.131. The van der Waals surface area contributed by atoms with E-state index >= 15 is 0 Å². The van der Waals surface area contributed by atoms with Crippen LogP contribution >= 0.6 is 0 Å². The third-order valence-corrected chi connectivity index (χ3v) is 4.35. The number of likely N-dealkylation sites (tertiary alicyclic amines) is 1. The lowest BCUT2D eigenvalue weighted by atomic mass is 9.95. The Bertz CT molecular complexity index is 620. The number of hydrogen-bond acceptors (Lipinski definition) is 1. The van der Waals surface area contributed by atoms with E-state index in [0.717, 1.165) is 25.9 Å². The second-order valence-corrected chi connectivity index (χ2v) is 5.86. The van der Waals surface area contributed by atoms with Crippen molar-refractivity contribution in [3.8, 4) is 0 Å². The van der Waals surface area contributed by atoms with Crippen molar-refractivity contribution >= 4 is 5.91 Å². The van der Waals surface area contributed by atoms with Gasteiger partial charge in [-0.05, 0) is 36.5 Å². The summed E-state index contributed by atoms with van der Waals surface area (Å²) in [6.45, 7) is 3.74. The third kappa shape index (κ3) is 3.15. The number of hydrogen-bond donors (Lipinski definition) is 0. The molecule has 2 nitrogen and oxygen atoms in total. The Balaban J connectivity index is 1.65. The summed E-state index contributed by atoms with van der Waals surface area (Å²) in [5.41, 5.74) is 3.80. The summed E-state index contributed by atoms with van der Waals surface area (Å²) in [6, 6.07) is 18.6. The minimum atomic E-state index is 0.148. The molecule has 2 aromatic rings. The van der Waals surface area contributed by atoms with Crippen molar-refractivity contribution in [2.24, 2.45) is 5.92 Å². The molecule has 2 aromatic carbocycles. The van der Waals surface area contributed by atoms with E-state index in [1.165, 1.54) is 16.7 Å². The molecule has 0 aliphatic carbocycles. The van der Waals surface area contributed by atoms with E-state index in [1.807, 2.05) is 23.1 Å². The summed E-state index contributed by atoms with van der Waals surface area (Å²) >= 11 is 0. The number of carbonyl (C=O) groups is 1. The van der Waals surface area contributed by atoms with Gasteiger partial charge < -0.3 is 4.90 Å². The molecule has 1 heterocycles. The van der Waals surface area contributed by atoms with Gasteiger partial charge >= 0.3 is 0 Å². The second-order valence-electron chi connectivity index (χ2n) is 5.86. The predicted octanol–water partition coefficient (Wildman–Crippen LogP) is 3.59. The van der Waals surface area contributed by atoms with Crippen LogP contribution in [0.3, 0.4) is 0 Å². The van der Waals surface area contributed by atoms with Gasteiger partial charge in [0.1, 0.15) is 0 Å². The van der Waals surface area contributed by atoms with Crippen LogP contribution in [0.4, 0.5) is 0 Å². The SMILES string of the molecule is Cc1ccccc1CC1CCN(Cc2ccccc2)C1=O. The summed E-state index contributed by atoms with van der Waals surface area (Å²) in [5.74, 6) is 0.455. The summed E-state index contributed by atoms with van der Waals surface area (Å²) in [6.07, 6.45) is 1.84. The summed E-state index contributed by atoms with van der Waals surface area (Å²) in [7, 11) is 0. The molecule has 21 heavy (non-hydrogen) atoms. The van der Waals surface area contributed by atoms with Gasteiger partial charge in [0.2, 0.25) is 5.91 Å². The van der Waals surface area contributed by atoms with Gasteiger partial charge in [-0.2, -0.15) is 0 Å². The molecule has 0 bridgehead atoms. The van der Waals surface area contributed by atoms with E-state index in [0.29, 0.717) is 5.91 Å². The molecule has 0 N–H and O–H groups in total. The molecule has 1 fully saturated rings. The Labute approximate surface area is 126 Å². The van der Waals surface area contributed by atoms with Gasteiger partial charge in [0.15, 0.2) is 0 Å². The van der Waals surface area contributed by atoms with Crippen molar-refractivity contribution in [3.05, 3.63) is 71.3 Å². The van der Waals surface area contributed by atoms with E-state index < -0.39 is 0 Å². The van der Waals surface area contributed by atoms with Crippen LogP contribution in [0.5, 0.6) is 0 Å². The van der Waals surface area contributed by atoms with Crippen LogP contribution in [0.2, 0.25) is 0 Å². The van der Waals surface area contributed by atoms with Crippen molar-refractivity contribution in [2.75, 3.05) is 6.54 Å². The van der Waals surface area contributed by atoms with Gasteiger partial charge in [0.25, 0.3) is 0 Å². The normalized spacial score (nSPS) is 18.2. The molecule has 1 saturated heterocycles. The fraction of sp³-hybridized carbons (Fsp3) is 0.316. The highest BCUT2D eigenvalue weighted by molar-refractivity contribution is 5.81. The first kappa shape index (κ1) is 13.9. The number of amides is 1. The first-order valence-electron chi connectivity index (χ1n) is 7.61. The Hall–Kier alpha value is -2.09. The van der Waals surface area contributed by atoms with Crippen molar-refractivity contribution in [1.82, 2.24) is 4.90 Å². The highest BCUT2D eigenvalue weighted by Crippen LogP contribution is 2.25. The van der Waals surface area contributed by atoms with Gasteiger partial charge in [-0.1, -0.05) is 54.6 Å². The first-order chi connectivity index (χ1) is 10.2. The van der Waals surface area contributed by atoms with Gasteiger partial charge in [0, 0.05) is 19.0 Å². The summed E-state index contributed by atoms with van der Waals surface area (Å²) < 4.78 is 0. The zero-order valence-electron chi connectivity index (χ0n) is 12.5. The largest absolute Gasteiger partial charge is 0.338 e. The Kier molecular flexibility index (Phi) is 4.05. The van der Waals surface area contributed by atoms with Gasteiger partial charge in [-0.25, -0.2) is 0 Å². The van der Waals surface area contributed by atoms with Crippen LogP contribution in [0.1, 0.15) is 23.1 Å². The van der Waals surface area contributed by atoms with Crippen LogP contribution < -0.4 is 0 Å². The summed E-state index contributed by atoms with van der Waals surface area (Å²) in [5, 5.41) is 0. The minimum absolute atomic E-state index is 0.148. The van der Waals surface area contributed by atoms with E-state index in [-0.39, 0.29) is 5.92 Å². The maximum Gasteiger partial charge on any atom is 0.226 e. The van der Waals surface area contributed by atoms with Crippen LogP contribution in [0.15, 0.2) is 54.6 Å². The zero-order chi connectivity index (χ0) is 14.7. The highest BCUT2D eigenvalue weighted by Gasteiger charge is 2.31. The van der Waals surface area contributed by atoms with Crippen LogP contribution in [0.25, 0.3) is 0 Å². The number of nitrogens with zero attached hydrogens (tertiary/aromatic N) is 1. The molecule has 0 saturated carbocycles. The fourth-order valence-electron chi connectivity index (χ4n) is 3.06. The third-order valence-electron chi connectivity index (χ3n) is 4.35. The van der Waals surface area contributed by atoms with Crippen molar-refractivity contribution in [2.45, 2.75) is 26.3 Å². The number of carbonyl (C=O) groups excluding carboxylic acids is 1. The Morgan fingerprint density at radius 3 is 2.52 bits per heavy atom. The van der Waals surface area contributed by atoms with Gasteiger partial charge in [-0.15, -0.1) is 0 Å². The molecular formula is C19H21NO. The Morgan fingerprint density at radius 1 is 1.05 bits per heavy atom. The maximum atomic E-state index is 12.6. The number of aryl methyl sites for hydroxylation is 1. The molecule has 1 aliphatic heterocycles. The average molecular weight is 279 g/mol. The molecule has 1 amide bonds. The number of benzene rings is 2. The standard InChI is InChI=1S/C19H21NO/c1-15-7-5-6-10-17(15)13-18-11-12-20(19(18)21)14-16-8-3-2-4-9-16/h2-10,18H,11-14H2,1H3. The second kappa shape index (κ2) is 6.13. The van der Waals surface area contributed by atoms with Gasteiger partial charge in [-0.3, -0.25) is 4.79 Å². The monoisotopic (exact) mass is 279 g/mol. The molecule has 1 aliphatic rings. The van der Waals surface area contributed by atoms with Crippen molar-refractivity contribution < 1.29 is 4.79 Å². The lowest BCUT2D eigenvalue weighted by Crippen LogP contribution is -2.27. The molecule has 2 heteroatoms. The molecule has 3 rings (SSSR count). The molecule has 1 atom stereocenters. The molecule has 108 valence electrons. The minimum Gasteiger partial charge on any atom is -0.338 e. The van der Waals surface area contributed by atoms with Crippen molar-refractivity contribution in [3.63, 3.8) is 0 Å². The topological polar surface area (TPSA) is 20.3 Å². The molecular weight excluding hydrogens is 258 g/mol. The summed E-state index contributed by atoms with van der Waals surface area (Å²) in [4.78, 5) is 14.5. The average Bonchev–Trinajstić information content (AvgIpc) is 2.84. The zero-order valence-corrected chi connectivity index (χ0v) is 12.5. The van der Waals surface area contributed by atoms with Crippen molar-refractivity contribution in [1.29, 1.82) is 0 Å².